The minimum atomic E-state index is -1.52. The number of rotatable bonds is 4. The number of anilines is 1. The fraction of sp³-hybridized carbons (Fsp3) is 0.462. The topological polar surface area (TPSA) is 139 Å². The number of carboxylic acid groups (broad SMARTS) is 1. The molecule has 1 aromatic carbocycles. The highest BCUT2D eigenvalue weighted by molar-refractivity contribution is 5.94. The zero-order valence-electron chi connectivity index (χ0n) is 11.0. The molecular weight excluding hydrogens is 282 g/mol. The van der Waals surface area contributed by atoms with E-state index < -0.39 is 43.2 Å². The van der Waals surface area contributed by atoms with Gasteiger partial charge in [-0.05, 0) is 12.1 Å². The van der Waals surface area contributed by atoms with Gasteiger partial charge in [0.05, 0.1) is 17.9 Å². The van der Waals surface area contributed by atoms with E-state index in [1.165, 1.54) is 12.1 Å². The van der Waals surface area contributed by atoms with E-state index in [2.05, 4.69) is 5.32 Å². The molecule has 1 fully saturated rings. The number of aliphatic hydroxyl groups excluding tert-OH is 4. The van der Waals surface area contributed by atoms with Crippen LogP contribution in [0.4, 0.5) is 5.69 Å². The molecule has 8 heteroatoms. The monoisotopic (exact) mass is 299 g/mol. The number of hydrogen-bond donors (Lipinski definition) is 6. The molecule has 1 heterocycles. The van der Waals surface area contributed by atoms with E-state index in [0.717, 1.165) is 0 Å². The lowest BCUT2D eigenvalue weighted by Crippen LogP contribution is -2.60. The Balaban J connectivity index is 2.20. The Morgan fingerprint density at radius 3 is 2.43 bits per heavy atom. The average molecular weight is 299 g/mol. The van der Waals surface area contributed by atoms with Crippen molar-refractivity contribution in [2.24, 2.45) is 0 Å². The number of hydrogen-bond acceptors (Lipinski definition) is 7. The van der Waals surface area contributed by atoms with Crippen LogP contribution in [0.25, 0.3) is 0 Å². The lowest BCUT2D eigenvalue weighted by molar-refractivity contribution is -0.221. The predicted octanol–water partition coefficient (Wildman–Crippen LogP) is -1.40. The third-order valence-electron chi connectivity index (χ3n) is 3.35. The summed E-state index contributed by atoms with van der Waals surface area (Å²) in [5.41, 5.74) is 0.156. The van der Waals surface area contributed by atoms with E-state index >= 15 is 0 Å². The summed E-state index contributed by atoms with van der Waals surface area (Å²) in [5, 5.41) is 50.1. The van der Waals surface area contributed by atoms with Gasteiger partial charge < -0.3 is 35.6 Å². The fourth-order valence-corrected chi connectivity index (χ4v) is 2.17. The van der Waals surface area contributed by atoms with Gasteiger partial charge in [0.1, 0.15) is 24.4 Å². The Kier molecular flexibility index (Phi) is 4.76. The molecule has 2 rings (SSSR count). The van der Waals surface area contributed by atoms with Gasteiger partial charge in [-0.3, -0.25) is 0 Å². The first-order valence-electron chi connectivity index (χ1n) is 6.35. The van der Waals surface area contributed by atoms with E-state index in [1.54, 1.807) is 12.1 Å². The summed E-state index contributed by atoms with van der Waals surface area (Å²) in [6, 6.07) is 5.99. The maximum atomic E-state index is 11.1. The van der Waals surface area contributed by atoms with Crippen LogP contribution in [0.5, 0.6) is 0 Å². The molecule has 0 amide bonds. The summed E-state index contributed by atoms with van der Waals surface area (Å²) < 4.78 is 5.26. The molecule has 5 atom stereocenters. The second-order valence-electron chi connectivity index (χ2n) is 4.74. The van der Waals surface area contributed by atoms with Crippen molar-refractivity contribution < 1.29 is 35.1 Å². The van der Waals surface area contributed by atoms with Gasteiger partial charge in [-0.2, -0.15) is 0 Å². The van der Waals surface area contributed by atoms with Crippen molar-refractivity contribution in [2.75, 3.05) is 11.9 Å². The molecule has 1 aliphatic heterocycles. The van der Waals surface area contributed by atoms with Crippen LogP contribution in [0.2, 0.25) is 0 Å². The smallest absolute Gasteiger partial charge is 0.337 e. The van der Waals surface area contributed by atoms with Crippen LogP contribution in [0, 0.1) is 0 Å². The number of aliphatic hydroxyl groups is 4. The summed E-state index contributed by atoms with van der Waals surface area (Å²) in [6.45, 7) is -0.552. The average Bonchev–Trinajstić information content (AvgIpc) is 2.48. The number of benzene rings is 1. The largest absolute Gasteiger partial charge is 0.478 e. The highest BCUT2D eigenvalue weighted by atomic mass is 16.6. The first-order valence-corrected chi connectivity index (χ1v) is 6.35. The molecule has 0 saturated carbocycles. The molecule has 1 aromatic rings. The molecule has 1 saturated heterocycles. The zero-order chi connectivity index (χ0) is 15.6. The van der Waals surface area contributed by atoms with Crippen molar-refractivity contribution in [1.29, 1.82) is 0 Å². The summed E-state index contributed by atoms with van der Waals surface area (Å²) in [4.78, 5) is 11.1. The van der Waals surface area contributed by atoms with Gasteiger partial charge in [0.25, 0.3) is 0 Å². The van der Waals surface area contributed by atoms with Gasteiger partial charge in [-0.15, -0.1) is 0 Å². The van der Waals surface area contributed by atoms with Gasteiger partial charge >= 0.3 is 5.97 Å². The van der Waals surface area contributed by atoms with E-state index in [1.807, 2.05) is 0 Å². The molecule has 21 heavy (non-hydrogen) atoms. The van der Waals surface area contributed by atoms with Crippen molar-refractivity contribution in [3.63, 3.8) is 0 Å². The maximum Gasteiger partial charge on any atom is 0.337 e. The van der Waals surface area contributed by atoms with Crippen LogP contribution in [-0.4, -0.2) is 68.8 Å². The highest BCUT2D eigenvalue weighted by Crippen LogP contribution is 2.24. The second kappa shape index (κ2) is 6.37. The SMILES string of the molecule is O=C(O)c1ccccc1N[C@@H]1O[C@H](CO)[C@@H](O)[C@@H](O)[C@H]1O. The molecule has 0 aliphatic carbocycles. The summed E-state index contributed by atoms with van der Waals surface area (Å²) in [6.07, 6.45) is -6.69. The Bertz CT molecular complexity index is 507. The maximum absolute atomic E-state index is 11.1. The van der Waals surface area contributed by atoms with E-state index in [-0.39, 0.29) is 11.3 Å². The molecule has 116 valence electrons. The minimum absolute atomic E-state index is 0.0329. The van der Waals surface area contributed by atoms with Crippen LogP contribution >= 0.6 is 0 Å². The third-order valence-corrected chi connectivity index (χ3v) is 3.35. The molecule has 0 unspecified atom stereocenters. The van der Waals surface area contributed by atoms with E-state index in [0.29, 0.717) is 0 Å². The molecule has 0 bridgehead atoms. The van der Waals surface area contributed by atoms with Crippen molar-refractivity contribution in [1.82, 2.24) is 0 Å². The Hall–Kier alpha value is -1.71. The summed E-state index contributed by atoms with van der Waals surface area (Å²) >= 11 is 0. The first kappa shape index (κ1) is 15.7. The van der Waals surface area contributed by atoms with Crippen LogP contribution in [-0.2, 0) is 4.74 Å². The number of ether oxygens (including phenoxy) is 1. The normalized spacial score (nSPS) is 32.7. The van der Waals surface area contributed by atoms with Crippen LogP contribution in [0.1, 0.15) is 10.4 Å². The molecule has 0 aromatic heterocycles. The number of aromatic carboxylic acids is 1. The first-order chi connectivity index (χ1) is 9.95. The molecule has 6 N–H and O–H groups in total. The van der Waals surface area contributed by atoms with Gasteiger partial charge in [0.15, 0.2) is 6.23 Å². The van der Waals surface area contributed by atoms with Crippen molar-refractivity contribution in [3.8, 4) is 0 Å². The van der Waals surface area contributed by atoms with E-state index in [4.69, 9.17) is 14.9 Å². The quantitative estimate of drug-likeness (QED) is 0.399. The highest BCUT2D eigenvalue weighted by Gasteiger charge is 2.43. The van der Waals surface area contributed by atoms with Gasteiger partial charge in [-0.1, -0.05) is 12.1 Å². The molecule has 0 spiro atoms. The van der Waals surface area contributed by atoms with Crippen LogP contribution < -0.4 is 5.32 Å². The fourth-order valence-electron chi connectivity index (χ4n) is 2.17. The van der Waals surface area contributed by atoms with Crippen molar-refractivity contribution >= 4 is 11.7 Å². The lowest BCUT2D eigenvalue weighted by atomic mass is 9.98. The molecule has 0 radical (unpaired) electrons. The molecular formula is C13H17NO7. The predicted molar refractivity (Wildman–Crippen MR) is 70.8 cm³/mol. The summed E-state index contributed by atoms with van der Waals surface area (Å²) in [7, 11) is 0. The summed E-state index contributed by atoms with van der Waals surface area (Å²) in [5.74, 6) is -1.16. The van der Waals surface area contributed by atoms with Gasteiger partial charge in [-0.25, -0.2) is 4.79 Å². The third kappa shape index (κ3) is 3.14. The molecule has 1 aliphatic rings. The van der Waals surface area contributed by atoms with Crippen molar-refractivity contribution in [2.45, 2.75) is 30.6 Å². The van der Waals surface area contributed by atoms with Gasteiger partial charge in [0, 0.05) is 0 Å². The van der Waals surface area contributed by atoms with Gasteiger partial charge in [0.2, 0.25) is 0 Å². The standard InChI is InChI=1S/C13H17NO7/c15-5-8-9(16)10(17)11(18)12(21-8)14-7-4-2-1-3-6(7)13(19)20/h1-4,8-12,14-18H,5H2,(H,19,20)/t8-,9-,10-,11-,12-/m1/s1. The van der Waals surface area contributed by atoms with Crippen LogP contribution in [0.3, 0.4) is 0 Å². The van der Waals surface area contributed by atoms with Crippen molar-refractivity contribution in [3.05, 3.63) is 29.8 Å². The Morgan fingerprint density at radius 1 is 1.14 bits per heavy atom. The second-order valence-corrected chi connectivity index (χ2v) is 4.74. The number of carbonyl (C=O) groups is 1. The van der Waals surface area contributed by atoms with Crippen LogP contribution in [0.15, 0.2) is 24.3 Å². The molecule has 8 nitrogen and oxygen atoms in total. The minimum Gasteiger partial charge on any atom is -0.478 e. The zero-order valence-corrected chi connectivity index (χ0v) is 11.0. The van der Waals surface area contributed by atoms with E-state index in [9.17, 15) is 20.1 Å². The lowest BCUT2D eigenvalue weighted by Gasteiger charge is -2.40. The number of nitrogens with one attached hydrogen (secondary N) is 1. The Morgan fingerprint density at radius 2 is 1.81 bits per heavy atom. The number of carboxylic acids is 1. The Labute approximate surface area is 120 Å². The number of para-hydroxylation sites is 1.